The van der Waals surface area contributed by atoms with Gasteiger partial charge in [0.1, 0.15) is 16.3 Å². The van der Waals surface area contributed by atoms with Crippen LogP contribution in [0, 0.1) is 0 Å². The molecule has 140 valence electrons. The Kier molecular flexibility index (Phi) is 3.61. The molecule has 3 aromatic carbocycles. The van der Waals surface area contributed by atoms with Gasteiger partial charge in [0.2, 0.25) is 5.88 Å². The van der Waals surface area contributed by atoms with E-state index < -0.39 is 0 Å². The Balaban J connectivity index is 1.44. The van der Waals surface area contributed by atoms with Gasteiger partial charge < -0.3 is 9.47 Å². The summed E-state index contributed by atoms with van der Waals surface area (Å²) in [5.41, 5.74) is 3.55. The number of pyridine rings is 1. The molecule has 0 saturated carbocycles. The Hall–Kier alpha value is -3.37. The standard InChI is InChI=1S/C25H17NO2S/c1-27-19-9-6-16(7-10-19)23-14-18-12-17-13-21-20-5-3-2-4-15(20)8-11-22(21)28-24(17)26-25(18)29-23/h2-12,14H,13H2,1H3. The number of fused-ring (bicyclic) bond motifs is 5. The quantitative estimate of drug-likeness (QED) is 0.322. The van der Waals surface area contributed by atoms with Crippen LogP contribution in [-0.4, -0.2) is 12.1 Å². The molecule has 3 heterocycles. The number of ether oxygens (including phenoxy) is 2. The number of thiophene rings is 1. The van der Waals surface area contributed by atoms with Crippen molar-refractivity contribution >= 4 is 32.3 Å². The molecule has 0 atom stereocenters. The summed E-state index contributed by atoms with van der Waals surface area (Å²) in [5.74, 6) is 2.50. The molecule has 0 fully saturated rings. The number of aromatic nitrogens is 1. The highest BCUT2D eigenvalue weighted by atomic mass is 32.1. The summed E-state index contributed by atoms with van der Waals surface area (Å²) in [7, 11) is 1.68. The molecule has 0 amide bonds. The van der Waals surface area contributed by atoms with Crippen molar-refractivity contribution in [2.75, 3.05) is 7.11 Å². The first-order chi connectivity index (χ1) is 14.3. The predicted molar refractivity (Wildman–Crippen MR) is 118 cm³/mol. The van der Waals surface area contributed by atoms with Crippen LogP contribution in [0.25, 0.3) is 31.4 Å². The van der Waals surface area contributed by atoms with E-state index in [4.69, 9.17) is 14.5 Å². The molecule has 2 aromatic heterocycles. The molecular weight excluding hydrogens is 378 g/mol. The summed E-state index contributed by atoms with van der Waals surface area (Å²) in [5, 5.41) is 3.65. The lowest BCUT2D eigenvalue weighted by atomic mass is 9.96. The van der Waals surface area contributed by atoms with Crippen LogP contribution in [-0.2, 0) is 6.42 Å². The van der Waals surface area contributed by atoms with Crippen molar-refractivity contribution in [3.05, 3.63) is 83.9 Å². The fraction of sp³-hybridized carbons (Fsp3) is 0.0800. The van der Waals surface area contributed by atoms with E-state index in [-0.39, 0.29) is 0 Å². The molecule has 4 heteroatoms. The molecule has 0 radical (unpaired) electrons. The van der Waals surface area contributed by atoms with Gasteiger partial charge in [-0.3, -0.25) is 0 Å². The second-order valence-electron chi connectivity index (χ2n) is 7.23. The van der Waals surface area contributed by atoms with E-state index in [0.717, 1.165) is 39.6 Å². The highest BCUT2D eigenvalue weighted by molar-refractivity contribution is 7.21. The molecule has 1 aliphatic rings. The molecule has 6 rings (SSSR count). The van der Waals surface area contributed by atoms with Crippen molar-refractivity contribution in [1.29, 1.82) is 0 Å². The van der Waals surface area contributed by atoms with Gasteiger partial charge in [-0.25, -0.2) is 4.98 Å². The molecule has 0 N–H and O–H groups in total. The second kappa shape index (κ2) is 6.33. The molecular formula is C25H17NO2S. The zero-order chi connectivity index (χ0) is 19.4. The number of hydrogen-bond acceptors (Lipinski definition) is 4. The van der Waals surface area contributed by atoms with Crippen LogP contribution >= 0.6 is 11.3 Å². The molecule has 0 saturated heterocycles. The maximum atomic E-state index is 6.22. The van der Waals surface area contributed by atoms with E-state index in [1.165, 1.54) is 26.8 Å². The fourth-order valence-electron chi connectivity index (χ4n) is 4.00. The fourth-order valence-corrected chi connectivity index (χ4v) is 5.01. The van der Waals surface area contributed by atoms with Crippen molar-refractivity contribution in [2.45, 2.75) is 6.42 Å². The van der Waals surface area contributed by atoms with Gasteiger partial charge in [-0.15, -0.1) is 11.3 Å². The summed E-state index contributed by atoms with van der Waals surface area (Å²) in [6.45, 7) is 0. The first-order valence-electron chi connectivity index (χ1n) is 9.55. The monoisotopic (exact) mass is 395 g/mol. The normalized spacial score (nSPS) is 12.4. The van der Waals surface area contributed by atoms with Gasteiger partial charge in [-0.1, -0.05) is 30.3 Å². The van der Waals surface area contributed by atoms with Crippen LogP contribution < -0.4 is 9.47 Å². The van der Waals surface area contributed by atoms with Crippen LogP contribution in [0.2, 0.25) is 0 Å². The zero-order valence-corrected chi connectivity index (χ0v) is 16.6. The molecule has 0 aliphatic carbocycles. The third kappa shape index (κ3) is 2.68. The number of benzene rings is 3. The lowest BCUT2D eigenvalue weighted by Gasteiger charge is -2.20. The third-order valence-corrected chi connectivity index (χ3v) is 6.59. The first kappa shape index (κ1) is 16.6. The Labute approximate surface area is 172 Å². The Morgan fingerprint density at radius 3 is 2.66 bits per heavy atom. The SMILES string of the molecule is COc1ccc(-c2cc3cc4c(nc3s2)Oc2ccc3ccccc3c2C4)cc1. The lowest BCUT2D eigenvalue weighted by molar-refractivity contribution is 0.415. The molecule has 0 unspecified atom stereocenters. The Bertz CT molecular complexity index is 1390. The minimum absolute atomic E-state index is 0.725. The topological polar surface area (TPSA) is 31.4 Å². The van der Waals surface area contributed by atoms with Gasteiger partial charge in [0, 0.05) is 27.8 Å². The summed E-state index contributed by atoms with van der Waals surface area (Å²) < 4.78 is 11.5. The van der Waals surface area contributed by atoms with E-state index in [1.54, 1.807) is 18.4 Å². The van der Waals surface area contributed by atoms with Crippen molar-refractivity contribution in [3.63, 3.8) is 0 Å². The van der Waals surface area contributed by atoms with Crippen molar-refractivity contribution in [1.82, 2.24) is 4.98 Å². The maximum Gasteiger partial charge on any atom is 0.224 e. The van der Waals surface area contributed by atoms with Gasteiger partial charge >= 0.3 is 0 Å². The third-order valence-electron chi connectivity index (χ3n) is 5.49. The van der Waals surface area contributed by atoms with E-state index in [9.17, 15) is 0 Å². The largest absolute Gasteiger partial charge is 0.497 e. The molecule has 1 aliphatic heterocycles. The van der Waals surface area contributed by atoms with Crippen molar-refractivity contribution in [2.24, 2.45) is 0 Å². The zero-order valence-electron chi connectivity index (χ0n) is 15.8. The summed E-state index contributed by atoms with van der Waals surface area (Å²) in [6.07, 6.45) is 0.836. The minimum Gasteiger partial charge on any atom is -0.497 e. The minimum atomic E-state index is 0.725. The molecule has 5 aromatic rings. The molecule has 3 nitrogen and oxygen atoms in total. The highest BCUT2D eigenvalue weighted by Crippen LogP contribution is 2.42. The number of hydrogen-bond donors (Lipinski definition) is 0. The van der Waals surface area contributed by atoms with Gasteiger partial charge in [0.15, 0.2) is 0 Å². The number of methoxy groups -OCH3 is 1. The van der Waals surface area contributed by atoms with Crippen LogP contribution in [0.1, 0.15) is 11.1 Å². The van der Waals surface area contributed by atoms with E-state index in [2.05, 4.69) is 60.7 Å². The summed E-state index contributed by atoms with van der Waals surface area (Å²) in [4.78, 5) is 7.04. The van der Waals surface area contributed by atoms with E-state index in [0.29, 0.717) is 0 Å². The maximum absolute atomic E-state index is 6.22. The van der Waals surface area contributed by atoms with Crippen LogP contribution in [0.5, 0.6) is 17.4 Å². The van der Waals surface area contributed by atoms with Crippen LogP contribution in [0.4, 0.5) is 0 Å². The van der Waals surface area contributed by atoms with E-state index >= 15 is 0 Å². The second-order valence-corrected chi connectivity index (χ2v) is 8.26. The average Bonchev–Trinajstić information content (AvgIpc) is 3.19. The Morgan fingerprint density at radius 2 is 1.79 bits per heavy atom. The van der Waals surface area contributed by atoms with Gasteiger partial charge in [-0.05, 0) is 58.8 Å². The van der Waals surface area contributed by atoms with Gasteiger partial charge in [-0.2, -0.15) is 0 Å². The van der Waals surface area contributed by atoms with Crippen molar-refractivity contribution in [3.8, 4) is 27.8 Å². The smallest absolute Gasteiger partial charge is 0.224 e. The molecule has 0 bridgehead atoms. The van der Waals surface area contributed by atoms with Crippen molar-refractivity contribution < 1.29 is 9.47 Å². The predicted octanol–water partition coefficient (Wildman–Crippen LogP) is 6.82. The summed E-state index contributed by atoms with van der Waals surface area (Å²) in [6, 6.07) is 25.2. The Morgan fingerprint density at radius 1 is 0.931 bits per heavy atom. The van der Waals surface area contributed by atoms with Crippen LogP contribution in [0.15, 0.2) is 72.8 Å². The number of nitrogens with zero attached hydrogens (tertiary/aromatic N) is 1. The highest BCUT2D eigenvalue weighted by Gasteiger charge is 2.21. The van der Waals surface area contributed by atoms with Crippen LogP contribution in [0.3, 0.4) is 0 Å². The van der Waals surface area contributed by atoms with Gasteiger partial charge in [0.25, 0.3) is 0 Å². The lowest BCUT2D eigenvalue weighted by Crippen LogP contribution is -2.05. The average molecular weight is 395 g/mol. The van der Waals surface area contributed by atoms with Gasteiger partial charge in [0.05, 0.1) is 7.11 Å². The molecule has 29 heavy (non-hydrogen) atoms. The number of rotatable bonds is 2. The first-order valence-corrected chi connectivity index (χ1v) is 10.4. The summed E-state index contributed by atoms with van der Waals surface area (Å²) >= 11 is 1.69. The molecule has 0 spiro atoms. The van der Waals surface area contributed by atoms with E-state index in [1.807, 2.05) is 12.1 Å².